The number of aliphatic hydroxyl groups is 1. The molecule has 2 aromatic carbocycles. The second-order valence-electron chi connectivity index (χ2n) is 12.7. The topological polar surface area (TPSA) is 111 Å². The molecule has 0 saturated carbocycles. The summed E-state index contributed by atoms with van der Waals surface area (Å²) < 4.78 is 88.0. The number of carboxylic acids is 1. The molecule has 0 spiro atoms. The molecule has 3 heterocycles. The average molecular weight is 668 g/mol. The van der Waals surface area contributed by atoms with E-state index >= 15 is 4.39 Å². The number of carboxylic acid groups (broad SMARTS) is 1. The minimum absolute atomic E-state index is 0.0824. The number of piperidine rings is 1. The molecule has 0 aliphatic carbocycles. The number of aliphatic hydroxyl groups excluding tert-OH is 1. The van der Waals surface area contributed by atoms with Gasteiger partial charge in [-0.15, -0.1) is 0 Å². The lowest BCUT2D eigenvalue weighted by atomic mass is 9.85. The highest BCUT2D eigenvalue weighted by Crippen LogP contribution is 2.43. The number of amides is 1. The van der Waals surface area contributed by atoms with Gasteiger partial charge in [-0.3, -0.25) is 19.8 Å². The lowest BCUT2D eigenvalue weighted by Gasteiger charge is -2.34. The number of benzene rings is 2. The van der Waals surface area contributed by atoms with Gasteiger partial charge in [-0.05, 0) is 56.0 Å². The van der Waals surface area contributed by atoms with Crippen LogP contribution >= 0.6 is 0 Å². The molecule has 2 aliphatic rings. The van der Waals surface area contributed by atoms with Crippen molar-refractivity contribution in [2.24, 2.45) is 5.92 Å². The number of rotatable bonds is 9. The van der Waals surface area contributed by atoms with Gasteiger partial charge in [0.1, 0.15) is 11.6 Å². The van der Waals surface area contributed by atoms with Gasteiger partial charge in [0.25, 0.3) is 5.91 Å². The minimum atomic E-state index is -4.63. The first-order chi connectivity index (χ1) is 22.0. The number of hydrogen-bond acceptors (Lipinski definition) is 6. The molecule has 9 nitrogen and oxygen atoms in total. The zero-order valence-electron chi connectivity index (χ0n) is 25.7. The molecule has 0 bridgehead atoms. The van der Waals surface area contributed by atoms with Crippen LogP contribution in [0.5, 0.6) is 0 Å². The van der Waals surface area contributed by atoms with Crippen molar-refractivity contribution in [3.63, 3.8) is 0 Å². The standard InChI is InChI=1S/C32H35F6N5O4/c1-30(2,18-44)43-16-24(23-6-5-22(33)14-25(23)34)31(35,17-43)28(47)40-29-39-9-12-42(29)15-20-3-4-21(32(36,37)38)13-26(20)41-10-7-19(8-11-41)27(45)46/h3-6,9,12-14,19,24,44H,7-8,10-11,15-18H2,1-2H3,(H,45,46)(H,39,40,47)/t24-,31-/m0/s1. The van der Waals surface area contributed by atoms with Gasteiger partial charge in [0.05, 0.1) is 24.6 Å². The fraction of sp³-hybridized carbons (Fsp3) is 0.469. The smallest absolute Gasteiger partial charge is 0.416 e. The third-order valence-corrected chi connectivity index (χ3v) is 9.21. The molecule has 2 saturated heterocycles. The third kappa shape index (κ3) is 6.96. The Hall–Kier alpha value is -4.11. The van der Waals surface area contributed by atoms with Gasteiger partial charge in [-0.2, -0.15) is 13.2 Å². The van der Waals surface area contributed by atoms with Crippen molar-refractivity contribution >= 4 is 23.5 Å². The second kappa shape index (κ2) is 12.8. The number of carbonyl (C=O) groups is 2. The first-order valence-corrected chi connectivity index (χ1v) is 15.0. The number of nitrogens with zero attached hydrogens (tertiary/aromatic N) is 4. The normalized spacial score (nSPS) is 21.3. The zero-order chi connectivity index (χ0) is 34.3. The quantitative estimate of drug-likeness (QED) is 0.274. The van der Waals surface area contributed by atoms with Crippen molar-refractivity contribution in [1.82, 2.24) is 14.5 Å². The Morgan fingerprint density at radius 3 is 2.40 bits per heavy atom. The lowest BCUT2D eigenvalue weighted by molar-refractivity contribution is -0.142. The molecule has 254 valence electrons. The number of carbonyl (C=O) groups excluding carboxylic acids is 1. The number of halogens is 6. The number of aromatic nitrogens is 2. The van der Waals surface area contributed by atoms with Crippen molar-refractivity contribution in [3.8, 4) is 0 Å². The van der Waals surface area contributed by atoms with Gasteiger partial charge in [0.2, 0.25) is 11.6 Å². The van der Waals surface area contributed by atoms with Gasteiger partial charge >= 0.3 is 12.1 Å². The third-order valence-electron chi connectivity index (χ3n) is 9.21. The molecule has 3 aromatic rings. The first-order valence-electron chi connectivity index (χ1n) is 15.0. The number of alkyl halides is 4. The van der Waals surface area contributed by atoms with Crippen LogP contribution in [0.4, 0.5) is 38.0 Å². The first kappa shape index (κ1) is 34.2. The number of hydrogen-bond donors (Lipinski definition) is 3. The monoisotopic (exact) mass is 667 g/mol. The van der Waals surface area contributed by atoms with Gasteiger partial charge in [0.15, 0.2) is 0 Å². The van der Waals surface area contributed by atoms with Crippen molar-refractivity contribution in [2.75, 3.05) is 43.0 Å². The molecule has 15 heteroatoms. The van der Waals surface area contributed by atoms with E-state index in [-0.39, 0.29) is 56.2 Å². The maximum atomic E-state index is 17.0. The summed E-state index contributed by atoms with van der Waals surface area (Å²) in [5, 5.41) is 21.7. The van der Waals surface area contributed by atoms with Crippen LogP contribution in [0.2, 0.25) is 0 Å². The number of anilines is 2. The Labute approximate surface area is 266 Å². The van der Waals surface area contributed by atoms with Crippen LogP contribution in [0, 0.1) is 17.6 Å². The summed E-state index contributed by atoms with van der Waals surface area (Å²) in [5.41, 5.74) is -4.19. The van der Waals surface area contributed by atoms with E-state index in [4.69, 9.17) is 0 Å². The molecule has 47 heavy (non-hydrogen) atoms. The number of likely N-dealkylation sites (tertiary alicyclic amines) is 1. The van der Waals surface area contributed by atoms with Gasteiger partial charge in [-0.25, -0.2) is 18.2 Å². The highest BCUT2D eigenvalue weighted by atomic mass is 19.4. The number of imidazole rings is 1. The van der Waals surface area contributed by atoms with Crippen LogP contribution in [0.15, 0.2) is 48.8 Å². The van der Waals surface area contributed by atoms with E-state index in [9.17, 15) is 41.8 Å². The van der Waals surface area contributed by atoms with Crippen LogP contribution in [-0.4, -0.2) is 80.5 Å². The van der Waals surface area contributed by atoms with Gasteiger partial charge in [0, 0.05) is 61.8 Å². The number of aliphatic carboxylic acids is 1. The largest absolute Gasteiger partial charge is 0.481 e. The van der Waals surface area contributed by atoms with Gasteiger partial charge < -0.3 is 19.7 Å². The Kier molecular flexibility index (Phi) is 9.34. The molecule has 2 fully saturated rings. The number of nitrogens with one attached hydrogen (secondary N) is 1. The Morgan fingerprint density at radius 1 is 1.09 bits per heavy atom. The summed E-state index contributed by atoms with van der Waals surface area (Å²) in [5.74, 6) is -6.15. The molecule has 1 aromatic heterocycles. The summed E-state index contributed by atoms with van der Waals surface area (Å²) >= 11 is 0. The fourth-order valence-corrected chi connectivity index (χ4v) is 6.22. The summed E-state index contributed by atoms with van der Waals surface area (Å²) in [6, 6.07) is 5.87. The van der Waals surface area contributed by atoms with Gasteiger partial charge in [-0.1, -0.05) is 12.1 Å². The highest BCUT2D eigenvalue weighted by molar-refractivity contribution is 5.97. The lowest BCUT2D eigenvalue weighted by Crippen LogP contribution is -2.49. The summed E-state index contributed by atoms with van der Waals surface area (Å²) in [6.45, 7) is 2.53. The predicted molar refractivity (Wildman–Crippen MR) is 160 cm³/mol. The minimum Gasteiger partial charge on any atom is -0.481 e. The van der Waals surface area contributed by atoms with Crippen molar-refractivity contribution < 1.29 is 46.1 Å². The SMILES string of the molecule is CC(C)(CO)N1C[C@@H](c2ccc(F)cc2F)[C@](F)(C(=O)Nc2nccn2Cc2ccc(C(F)(F)F)cc2N2CCC(C(=O)O)CC2)C1. The van der Waals surface area contributed by atoms with Crippen LogP contribution in [0.1, 0.15) is 49.3 Å². The average Bonchev–Trinajstić information content (AvgIpc) is 3.61. The predicted octanol–water partition coefficient (Wildman–Crippen LogP) is 5.05. The second-order valence-corrected chi connectivity index (χ2v) is 12.7. The molecule has 2 aliphatic heterocycles. The van der Waals surface area contributed by atoms with E-state index in [1.54, 1.807) is 18.7 Å². The Bertz CT molecular complexity index is 1640. The maximum Gasteiger partial charge on any atom is 0.416 e. The molecule has 5 rings (SSSR count). The van der Waals surface area contributed by atoms with E-state index in [1.807, 2.05) is 0 Å². The molecule has 3 N–H and O–H groups in total. The summed E-state index contributed by atoms with van der Waals surface area (Å²) in [7, 11) is 0. The summed E-state index contributed by atoms with van der Waals surface area (Å²) in [4.78, 5) is 32.5. The van der Waals surface area contributed by atoms with E-state index < -0.39 is 71.4 Å². The van der Waals surface area contributed by atoms with Crippen LogP contribution in [0.25, 0.3) is 0 Å². The zero-order valence-corrected chi connectivity index (χ0v) is 25.7. The van der Waals surface area contributed by atoms with Crippen molar-refractivity contribution in [2.45, 2.75) is 56.5 Å². The molecule has 2 atom stereocenters. The summed E-state index contributed by atoms with van der Waals surface area (Å²) in [6.07, 6.45) is -1.37. The van der Waals surface area contributed by atoms with Crippen LogP contribution in [0.3, 0.4) is 0 Å². The van der Waals surface area contributed by atoms with E-state index in [0.717, 1.165) is 24.3 Å². The van der Waals surface area contributed by atoms with Crippen LogP contribution in [-0.2, 0) is 22.3 Å². The Balaban J connectivity index is 1.43. The molecule has 1 amide bonds. The van der Waals surface area contributed by atoms with E-state index in [1.165, 1.54) is 27.9 Å². The van der Waals surface area contributed by atoms with Crippen molar-refractivity contribution in [3.05, 3.63) is 77.1 Å². The van der Waals surface area contributed by atoms with E-state index in [0.29, 0.717) is 11.6 Å². The van der Waals surface area contributed by atoms with Crippen LogP contribution < -0.4 is 10.2 Å². The van der Waals surface area contributed by atoms with E-state index in [2.05, 4.69) is 10.3 Å². The molecular formula is C32H35F6N5O4. The Morgan fingerprint density at radius 2 is 1.79 bits per heavy atom. The highest BCUT2D eigenvalue weighted by Gasteiger charge is 2.57. The molecule has 0 radical (unpaired) electrons. The molecule has 0 unspecified atom stereocenters. The fourth-order valence-electron chi connectivity index (χ4n) is 6.22. The maximum absolute atomic E-state index is 17.0. The molecular weight excluding hydrogens is 632 g/mol. The van der Waals surface area contributed by atoms with Crippen molar-refractivity contribution in [1.29, 1.82) is 0 Å².